The Morgan fingerprint density at radius 1 is 1.32 bits per heavy atom. The molecule has 0 unspecified atom stereocenters. The monoisotopic (exact) mass is 264 g/mol. The average molecular weight is 264 g/mol. The normalized spacial score (nSPS) is 14.3. The first-order valence-electron chi connectivity index (χ1n) is 6.45. The zero-order chi connectivity index (χ0) is 14.2. The van der Waals surface area contributed by atoms with Crippen LogP contribution in [0.2, 0.25) is 0 Å². The Labute approximate surface area is 113 Å². The summed E-state index contributed by atoms with van der Waals surface area (Å²) in [5, 5.41) is 9.29. The first-order valence-corrected chi connectivity index (χ1v) is 6.45. The molecule has 1 heterocycles. The number of carboxylic acid groups (broad SMARTS) is 1. The van der Waals surface area contributed by atoms with Crippen LogP contribution in [0.5, 0.6) is 11.5 Å². The predicted molar refractivity (Wildman–Crippen MR) is 72.0 cm³/mol. The molecule has 104 valence electrons. The Morgan fingerprint density at radius 3 is 2.58 bits per heavy atom. The van der Waals surface area contributed by atoms with Crippen LogP contribution < -0.4 is 9.47 Å². The molecule has 0 bridgehead atoms. The van der Waals surface area contributed by atoms with Crippen LogP contribution in [0.15, 0.2) is 6.07 Å². The highest BCUT2D eigenvalue weighted by Crippen LogP contribution is 2.40. The number of rotatable bonds is 3. The summed E-state index contributed by atoms with van der Waals surface area (Å²) in [5.74, 6) is 0.632. The number of ether oxygens (including phenoxy) is 2. The topological polar surface area (TPSA) is 55.8 Å². The lowest BCUT2D eigenvalue weighted by atomic mass is 9.83. The summed E-state index contributed by atoms with van der Waals surface area (Å²) in [4.78, 5) is 11.3. The van der Waals surface area contributed by atoms with Gasteiger partial charge in [0.2, 0.25) is 0 Å². The lowest BCUT2D eigenvalue weighted by Crippen LogP contribution is -2.28. The zero-order valence-corrected chi connectivity index (χ0v) is 11.9. The van der Waals surface area contributed by atoms with E-state index in [0.717, 1.165) is 22.4 Å². The van der Waals surface area contributed by atoms with Crippen molar-refractivity contribution in [3.63, 3.8) is 0 Å². The van der Waals surface area contributed by atoms with Gasteiger partial charge in [-0.15, -0.1) is 0 Å². The summed E-state index contributed by atoms with van der Waals surface area (Å²) >= 11 is 0. The van der Waals surface area contributed by atoms with Crippen molar-refractivity contribution in [2.75, 3.05) is 13.2 Å². The average Bonchev–Trinajstić information content (AvgIpc) is 2.34. The number of carboxylic acids is 1. The van der Waals surface area contributed by atoms with Crippen molar-refractivity contribution in [1.29, 1.82) is 0 Å². The Bertz CT molecular complexity index is 517. The molecule has 0 aromatic heterocycles. The standard InChI is InChI=1S/C15H20O4/c1-9-7-12-13(19-6-5-18-12)11(10(9)2)8-15(3,4)14(16)17/h7H,5-6,8H2,1-4H3,(H,16,17). The van der Waals surface area contributed by atoms with Gasteiger partial charge in [0.1, 0.15) is 13.2 Å². The van der Waals surface area contributed by atoms with Gasteiger partial charge in [-0.05, 0) is 51.3 Å². The van der Waals surface area contributed by atoms with Crippen LogP contribution in [0, 0.1) is 19.3 Å². The summed E-state index contributed by atoms with van der Waals surface area (Å²) in [7, 11) is 0. The van der Waals surface area contributed by atoms with Gasteiger partial charge in [0, 0.05) is 5.56 Å². The van der Waals surface area contributed by atoms with Crippen molar-refractivity contribution < 1.29 is 19.4 Å². The first-order chi connectivity index (χ1) is 8.83. The smallest absolute Gasteiger partial charge is 0.309 e. The third-order valence-electron chi connectivity index (χ3n) is 3.67. The summed E-state index contributed by atoms with van der Waals surface area (Å²) in [6.07, 6.45) is 0.432. The van der Waals surface area contributed by atoms with Crippen LogP contribution in [-0.4, -0.2) is 24.3 Å². The van der Waals surface area contributed by atoms with E-state index in [2.05, 4.69) is 0 Å². The molecule has 0 radical (unpaired) electrons. The summed E-state index contributed by atoms with van der Waals surface area (Å²) in [6.45, 7) is 8.51. The van der Waals surface area contributed by atoms with Crippen molar-refractivity contribution in [3.05, 3.63) is 22.8 Å². The highest BCUT2D eigenvalue weighted by Gasteiger charge is 2.31. The number of carbonyl (C=O) groups is 1. The SMILES string of the molecule is Cc1cc2c(c(CC(C)(C)C(=O)O)c1C)OCCO2. The lowest BCUT2D eigenvalue weighted by Gasteiger charge is -2.27. The molecule has 0 saturated carbocycles. The molecule has 1 aromatic rings. The number of aliphatic carboxylic acids is 1. The van der Waals surface area contributed by atoms with Crippen molar-refractivity contribution in [2.24, 2.45) is 5.41 Å². The van der Waals surface area contributed by atoms with Gasteiger partial charge in [-0.1, -0.05) is 0 Å². The van der Waals surface area contributed by atoms with E-state index in [0.29, 0.717) is 25.4 Å². The van der Waals surface area contributed by atoms with Gasteiger partial charge in [0.25, 0.3) is 0 Å². The maximum atomic E-state index is 11.3. The molecule has 19 heavy (non-hydrogen) atoms. The van der Waals surface area contributed by atoms with Gasteiger partial charge in [0.05, 0.1) is 5.41 Å². The van der Waals surface area contributed by atoms with Gasteiger partial charge in [-0.2, -0.15) is 0 Å². The zero-order valence-electron chi connectivity index (χ0n) is 11.9. The fraction of sp³-hybridized carbons (Fsp3) is 0.533. The quantitative estimate of drug-likeness (QED) is 0.912. The number of hydrogen-bond acceptors (Lipinski definition) is 3. The molecule has 1 N–H and O–H groups in total. The molecule has 1 aliphatic rings. The van der Waals surface area contributed by atoms with E-state index in [1.54, 1.807) is 13.8 Å². The van der Waals surface area contributed by atoms with Gasteiger partial charge in [-0.25, -0.2) is 0 Å². The second-order valence-corrected chi connectivity index (χ2v) is 5.69. The van der Waals surface area contributed by atoms with E-state index in [1.807, 2.05) is 19.9 Å². The van der Waals surface area contributed by atoms with Gasteiger partial charge < -0.3 is 14.6 Å². The molecule has 1 aliphatic heterocycles. The van der Waals surface area contributed by atoms with E-state index in [-0.39, 0.29) is 0 Å². The van der Waals surface area contributed by atoms with Crippen molar-refractivity contribution in [3.8, 4) is 11.5 Å². The maximum absolute atomic E-state index is 11.3. The predicted octanol–water partition coefficient (Wildman–Crippen LogP) is 2.73. The Kier molecular flexibility index (Phi) is 3.43. The van der Waals surface area contributed by atoms with Crippen molar-refractivity contribution >= 4 is 5.97 Å². The molecular formula is C15H20O4. The van der Waals surface area contributed by atoms with Crippen LogP contribution in [0.3, 0.4) is 0 Å². The molecule has 4 nitrogen and oxygen atoms in total. The van der Waals surface area contributed by atoms with E-state index >= 15 is 0 Å². The second-order valence-electron chi connectivity index (χ2n) is 5.69. The third-order valence-corrected chi connectivity index (χ3v) is 3.67. The fourth-order valence-corrected chi connectivity index (χ4v) is 2.22. The molecule has 0 saturated heterocycles. The maximum Gasteiger partial charge on any atom is 0.309 e. The van der Waals surface area contributed by atoms with Gasteiger partial charge >= 0.3 is 5.97 Å². The van der Waals surface area contributed by atoms with Crippen molar-refractivity contribution in [2.45, 2.75) is 34.1 Å². The van der Waals surface area contributed by atoms with E-state index in [9.17, 15) is 9.90 Å². The number of hydrogen-bond donors (Lipinski definition) is 1. The summed E-state index contributed by atoms with van der Waals surface area (Å²) in [5.41, 5.74) is 2.30. The lowest BCUT2D eigenvalue weighted by molar-refractivity contribution is -0.146. The molecule has 0 atom stereocenters. The number of aryl methyl sites for hydroxylation is 1. The van der Waals surface area contributed by atoms with Crippen LogP contribution in [-0.2, 0) is 11.2 Å². The highest BCUT2D eigenvalue weighted by atomic mass is 16.6. The minimum absolute atomic E-state index is 0.432. The molecule has 4 heteroatoms. The van der Waals surface area contributed by atoms with Crippen LogP contribution in [0.1, 0.15) is 30.5 Å². The minimum Gasteiger partial charge on any atom is -0.486 e. The number of fused-ring (bicyclic) bond motifs is 1. The Morgan fingerprint density at radius 2 is 1.95 bits per heavy atom. The Balaban J connectivity index is 2.49. The van der Waals surface area contributed by atoms with Crippen LogP contribution in [0.4, 0.5) is 0 Å². The Hall–Kier alpha value is -1.71. The number of benzene rings is 1. The second kappa shape index (κ2) is 4.76. The molecule has 2 rings (SSSR count). The molecule has 0 aliphatic carbocycles. The van der Waals surface area contributed by atoms with Crippen LogP contribution >= 0.6 is 0 Å². The van der Waals surface area contributed by atoms with E-state index in [4.69, 9.17) is 9.47 Å². The molecule has 0 fully saturated rings. The van der Waals surface area contributed by atoms with Gasteiger partial charge in [0.15, 0.2) is 11.5 Å². The van der Waals surface area contributed by atoms with Crippen molar-refractivity contribution in [1.82, 2.24) is 0 Å². The van der Waals surface area contributed by atoms with Gasteiger partial charge in [-0.3, -0.25) is 4.79 Å². The first kappa shape index (κ1) is 13.7. The highest BCUT2D eigenvalue weighted by molar-refractivity contribution is 5.74. The summed E-state index contributed by atoms with van der Waals surface area (Å²) in [6, 6.07) is 1.96. The van der Waals surface area contributed by atoms with Crippen LogP contribution in [0.25, 0.3) is 0 Å². The van der Waals surface area contributed by atoms with E-state index < -0.39 is 11.4 Å². The molecule has 0 spiro atoms. The third kappa shape index (κ3) is 2.53. The molecule has 0 amide bonds. The molecule has 1 aromatic carbocycles. The largest absolute Gasteiger partial charge is 0.486 e. The minimum atomic E-state index is -0.826. The molecular weight excluding hydrogens is 244 g/mol. The fourth-order valence-electron chi connectivity index (χ4n) is 2.22. The summed E-state index contributed by atoms with van der Waals surface area (Å²) < 4.78 is 11.3. The van der Waals surface area contributed by atoms with E-state index in [1.165, 1.54) is 0 Å².